The fourth-order valence-corrected chi connectivity index (χ4v) is 5.15. The molecule has 10 heteroatoms. The van der Waals surface area contributed by atoms with Crippen molar-refractivity contribution < 1.29 is 19.1 Å². The molecule has 1 atom stereocenters. The number of nitrogens with zero attached hydrogens (tertiary/aromatic N) is 2. The minimum absolute atomic E-state index is 0.212. The Kier molecular flexibility index (Phi) is 8.19. The molecule has 0 aliphatic heterocycles. The third-order valence-corrected chi connectivity index (χ3v) is 7.10. The standard InChI is InChI=1S/C26H24N4O4S2/c1-16-29-30-26(35-16)28-25(32)23(17-9-5-4-6-10-17)36-19-12-7-11-18(15-19)27-24(31)22-20(33-2)13-8-14-21(22)34-3/h4-15,23H,1-3H3,(H,27,31)(H,28,30,32). The molecule has 4 aromatic rings. The van der Waals surface area contributed by atoms with Crippen LogP contribution in [-0.2, 0) is 4.79 Å². The molecule has 0 fully saturated rings. The van der Waals surface area contributed by atoms with E-state index in [1.165, 1.54) is 37.3 Å². The van der Waals surface area contributed by atoms with Gasteiger partial charge in [0.1, 0.15) is 27.3 Å². The van der Waals surface area contributed by atoms with Gasteiger partial charge in [0.05, 0.1) is 14.2 Å². The fraction of sp³-hybridized carbons (Fsp3) is 0.154. The van der Waals surface area contributed by atoms with Crippen molar-refractivity contribution in [1.29, 1.82) is 0 Å². The van der Waals surface area contributed by atoms with E-state index in [0.29, 0.717) is 27.9 Å². The highest BCUT2D eigenvalue weighted by molar-refractivity contribution is 8.00. The second-order valence-corrected chi connectivity index (χ2v) is 9.90. The van der Waals surface area contributed by atoms with Gasteiger partial charge in [0.15, 0.2) is 0 Å². The lowest BCUT2D eigenvalue weighted by Gasteiger charge is -2.17. The predicted octanol–water partition coefficient (Wildman–Crippen LogP) is 5.59. The number of aryl methyl sites for hydroxylation is 1. The number of hydrogen-bond acceptors (Lipinski definition) is 8. The van der Waals surface area contributed by atoms with E-state index in [9.17, 15) is 9.59 Å². The number of aromatic nitrogens is 2. The van der Waals surface area contributed by atoms with Crippen LogP contribution in [0.3, 0.4) is 0 Å². The van der Waals surface area contributed by atoms with Crippen molar-refractivity contribution in [2.45, 2.75) is 17.1 Å². The monoisotopic (exact) mass is 520 g/mol. The molecule has 0 aliphatic rings. The number of carbonyl (C=O) groups excluding carboxylic acids is 2. The van der Waals surface area contributed by atoms with Crippen LogP contribution in [0.5, 0.6) is 11.5 Å². The van der Waals surface area contributed by atoms with Crippen LogP contribution < -0.4 is 20.1 Å². The minimum atomic E-state index is -0.546. The number of carbonyl (C=O) groups is 2. The molecule has 0 saturated heterocycles. The summed E-state index contributed by atoms with van der Waals surface area (Å²) in [6.07, 6.45) is 0. The predicted molar refractivity (Wildman–Crippen MR) is 142 cm³/mol. The molecular formula is C26H24N4O4S2. The molecule has 4 rings (SSSR count). The molecule has 0 spiro atoms. The van der Waals surface area contributed by atoms with Crippen molar-refractivity contribution in [2.75, 3.05) is 24.9 Å². The SMILES string of the molecule is COc1cccc(OC)c1C(=O)Nc1cccc(SC(C(=O)Nc2nnc(C)s2)c2ccccc2)c1. The van der Waals surface area contributed by atoms with Gasteiger partial charge in [0, 0.05) is 10.6 Å². The van der Waals surface area contributed by atoms with Crippen molar-refractivity contribution in [3.05, 3.63) is 88.9 Å². The number of benzene rings is 3. The van der Waals surface area contributed by atoms with Gasteiger partial charge >= 0.3 is 0 Å². The maximum atomic E-state index is 13.2. The first-order valence-corrected chi connectivity index (χ1v) is 12.6. The molecule has 8 nitrogen and oxygen atoms in total. The average molecular weight is 521 g/mol. The second-order valence-electron chi connectivity index (χ2n) is 7.54. The number of amides is 2. The molecule has 184 valence electrons. The highest BCUT2D eigenvalue weighted by Crippen LogP contribution is 2.37. The summed E-state index contributed by atoms with van der Waals surface area (Å²) >= 11 is 2.69. The maximum absolute atomic E-state index is 13.2. The Morgan fingerprint density at radius 1 is 0.889 bits per heavy atom. The van der Waals surface area contributed by atoms with E-state index in [-0.39, 0.29) is 11.8 Å². The van der Waals surface area contributed by atoms with Crippen molar-refractivity contribution >= 4 is 45.7 Å². The molecule has 36 heavy (non-hydrogen) atoms. The zero-order chi connectivity index (χ0) is 25.5. The van der Waals surface area contributed by atoms with Gasteiger partial charge in [0.25, 0.3) is 5.91 Å². The summed E-state index contributed by atoms with van der Waals surface area (Å²) in [5, 5.41) is 14.4. The molecule has 0 radical (unpaired) electrons. The summed E-state index contributed by atoms with van der Waals surface area (Å²) in [6, 6.07) is 22.0. The van der Waals surface area contributed by atoms with Gasteiger partial charge in [-0.2, -0.15) is 0 Å². The second kappa shape index (κ2) is 11.7. The number of hydrogen-bond donors (Lipinski definition) is 2. The molecule has 2 amide bonds. The highest BCUT2D eigenvalue weighted by Gasteiger charge is 2.24. The van der Waals surface area contributed by atoms with E-state index in [1.54, 1.807) is 24.3 Å². The van der Waals surface area contributed by atoms with E-state index in [1.807, 2.05) is 55.5 Å². The maximum Gasteiger partial charge on any atom is 0.263 e. The zero-order valence-electron chi connectivity index (χ0n) is 19.8. The van der Waals surface area contributed by atoms with E-state index in [4.69, 9.17) is 9.47 Å². The minimum Gasteiger partial charge on any atom is -0.496 e. The van der Waals surface area contributed by atoms with Gasteiger partial charge in [-0.1, -0.05) is 53.8 Å². The van der Waals surface area contributed by atoms with Gasteiger partial charge < -0.3 is 14.8 Å². The number of ether oxygens (including phenoxy) is 2. The fourth-order valence-electron chi connectivity index (χ4n) is 3.47. The summed E-state index contributed by atoms with van der Waals surface area (Å²) < 4.78 is 10.7. The Balaban J connectivity index is 1.56. The summed E-state index contributed by atoms with van der Waals surface area (Å²) in [7, 11) is 3.00. The van der Waals surface area contributed by atoms with Gasteiger partial charge in [-0.15, -0.1) is 22.0 Å². The zero-order valence-corrected chi connectivity index (χ0v) is 21.5. The van der Waals surface area contributed by atoms with Crippen LogP contribution in [0.2, 0.25) is 0 Å². The molecular weight excluding hydrogens is 496 g/mol. The molecule has 1 unspecified atom stereocenters. The lowest BCUT2D eigenvalue weighted by molar-refractivity contribution is -0.115. The molecule has 3 aromatic carbocycles. The van der Waals surface area contributed by atoms with Gasteiger partial charge in [0.2, 0.25) is 11.0 Å². The summed E-state index contributed by atoms with van der Waals surface area (Å²) in [6.45, 7) is 1.83. The van der Waals surface area contributed by atoms with Crippen LogP contribution in [0.4, 0.5) is 10.8 Å². The summed E-state index contributed by atoms with van der Waals surface area (Å²) in [5.74, 6) is 0.237. The summed E-state index contributed by atoms with van der Waals surface area (Å²) in [5.41, 5.74) is 1.72. The summed E-state index contributed by atoms with van der Waals surface area (Å²) in [4.78, 5) is 27.1. The first-order chi connectivity index (χ1) is 17.5. The number of thioether (sulfide) groups is 1. The highest BCUT2D eigenvalue weighted by atomic mass is 32.2. The molecule has 2 N–H and O–H groups in total. The quantitative estimate of drug-likeness (QED) is 0.277. The smallest absolute Gasteiger partial charge is 0.263 e. The molecule has 1 aromatic heterocycles. The number of nitrogens with one attached hydrogen (secondary N) is 2. The Labute approximate surface area is 217 Å². The van der Waals surface area contributed by atoms with Gasteiger partial charge in [-0.05, 0) is 42.8 Å². The largest absolute Gasteiger partial charge is 0.496 e. The number of anilines is 2. The third kappa shape index (κ3) is 6.02. The van der Waals surface area contributed by atoms with Crippen LogP contribution in [0.1, 0.15) is 26.2 Å². The van der Waals surface area contributed by atoms with Crippen LogP contribution in [-0.4, -0.2) is 36.2 Å². The van der Waals surface area contributed by atoms with Crippen molar-refractivity contribution in [1.82, 2.24) is 10.2 Å². The first-order valence-electron chi connectivity index (χ1n) is 10.9. The van der Waals surface area contributed by atoms with Crippen molar-refractivity contribution in [3.63, 3.8) is 0 Å². The lowest BCUT2D eigenvalue weighted by atomic mass is 10.1. The molecule has 0 bridgehead atoms. The first kappa shape index (κ1) is 25.2. The number of methoxy groups -OCH3 is 2. The molecule has 1 heterocycles. The molecule has 0 aliphatic carbocycles. The van der Waals surface area contributed by atoms with E-state index in [0.717, 1.165) is 15.5 Å². The van der Waals surface area contributed by atoms with Crippen molar-refractivity contribution in [3.8, 4) is 11.5 Å². The topological polar surface area (TPSA) is 102 Å². The van der Waals surface area contributed by atoms with Crippen molar-refractivity contribution in [2.24, 2.45) is 0 Å². The Hall–Kier alpha value is -3.89. The Morgan fingerprint density at radius 3 is 2.22 bits per heavy atom. The van der Waals surface area contributed by atoms with E-state index < -0.39 is 5.25 Å². The van der Waals surface area contributed by atoms with E-state index in [2.05, 4.69) is 20.8 Å². The van der Waals surface area contributed by atoms with Gasteiger partial charge in [-0.25, -0.2) is 0 Å². The Bertz CT molecular complexity index is 1340. The average Bonchev–Trinajstić information content (AvgIpc) is 3.31. The van der Waals surface area contributed by atoms with Gasteiger partial charge in [-0.3, -0.25) is 14.9 Å². The number of rotatable bonds is 9. The van der Waals surface area contributed by atoms with Crippen LogP contribution >= 0.6 is 23.1 Å². The van der Waals surface area contributed by atoms with E-state index >= 15 is 0 Å². The molecule has 0 saturated carbocycles. The lowest BCUT2D eigenvalue weighted by Crippen LogP contribution is -2.19. The van der Waals surface area contributed by atoms with Crippen LogP contribution in [0.15, 0.2) is 77.7 Å². The normalized spacial score (nSPS) is 11.4. The third-order valence-electron chi connectivity index (χ3n) is 5.10. The van der Waals surface area contributed by atoms with Crippen LogP contribution in [0.25, 0.3) is 0 Å². The van der Waals surface area contributed by atoms with Crippen LogP contribution in [0, 0.1) is 6.92 Å². The Morgan fingerprint density at radius 2 is 1.58 bits per heavy atom.